The van der Waals surface area contributed by atoms with E-state index in [-0.39, 0.29) is 36.2 Å². The predicted octanol–water partition coefficient (Wildman–Crippen LogP) is 7.80. The maximum absolute atomic E-state index is 15.0. The Labute approximate surface area is 426 Å². The Morgan fingerprint density at radius 1 is 0.890 bits per heavy atom. The van der Waals surface area contributed by atoms with E-state index in [1.165, 1.54) is 11.3 Å². The molecule has 3 amide bonds. The number of likely N-dealkylation sites (tertiary alicyclic amines) is 2. The molecule has 2 aromatic carbocycles. The number of carbonyl (C=O) groups is 3. The number of rotatable bonds is 13. The van der Waals surface area contributed by atoms with Gasteiger partial charge in [0.05, 0.1) is 16.7 Å². The molecule has 4 aromatic heterocycles. The van der Waals surface area contributed by atoms with Crippen LogP contribution in [0.15, 0.2) is 72.9 Å². The number of piperidine rings is 3. The van der Waals surface area contributed by atoms with Gasteiger partial charge in [0.1, 0.15) is 36.2 Å². The lowest BCUT2D eigenvalue weighted by Crippen LogP contribution is -2.49. The van der Waals surface area contributed by atoms with Gasteiger partial charge in [-0.3, -0.25) is 34.1 Å². The molecule has 17 heteroatoms. The number of fused-ring (bicyclic) bond motifs is 2. The van der Waals surface area contributed by atoms with Crippen LogP contribution in [0.2, 0.25) is 0 Å². The molecular weight excluding hydrogens is 926 g/mol. The third-order valence-corrected chi connectivity index (χ3v) is 16.4. The van der Waals surface area contributed by atoms with E-state index in [1.54, 1.807) is 19.2 Å². The van der Waals surface area contributed by atoms with Gasteiger partial charge in [0.15, 0.2) is 0 Å². The van der Waals surface area contributed by atoms with Crippen molar-refractivity contribution in [3.63, 3.8) is 0 Å². The van der Waals surface area contributed by atoms with Crippen LogP contribution in [0.5, 0.6) is 0 Å². The number of nitrogens with one attached hydrogen (secondary N) is 2. The number of hydrogen-bond acceptors (Lipinski definition) is 12. The molecule has 0 aliphatic carbocycles. The fourth-order valence-electron chi connectivity index (χ4n) is 12.1. The summed E-state index contributed by atoms with van der Waals surface area (Å²) in [6.07, 6.45) is 9.66. The van der Waals surface area contributed by atoms with Crippen molar-refractivity contribution in [2.24, 2.45) is 13.0 Å². The maximum atomic E-state index is 15.0. The molecule has 5 aliphatic heterocycles. The molecule has 0 radical (unpaired) electrons. The average molecular weight is 994 g/mol. The second-order valence-electron chi connectivity index (χ2n) is 20.9. The highest BCUT2D eigenvalue weighted by molar-refractivity contribution is 6.01. The normalized spacial score (nSPS) is 21.5. The number of amides is 3. The smallest absolute Gasteiger partial charge is 0.253 e. The molecular formula is C56H68FN11O5. The first-order valence-electron chi connectivity index (χ1n) is 26.5. The highest BCUT2D eigenvalue weighted by Gasteiger charge is 2.31. The highest BCUT2D eigenvalue weighted by Crippen LogP contribution is 2.38. The van der Waals surface area contributed by atoms with Gasteiger partial charge in [-0.1, -0.05) is 18.2 Å². The molecule has 73 heavy (non-hydrogen) atoms. The summed E-state index contributed by atoms with van der Waals surface area (Å²) in [5, 5.41) is 6.34. The van der Waals surface area contributed by atoms with Gasteiger partial charge in [0, 0.05) is 102 Å². The van der Waals surface area contributed by atoms with E-state index >= 15 is 4.39 Å². The highest BCUT2D eigenvalue weighted by atomic mass is 19.1. The summed E-state index contributed by atoms with van der Waals surface area (Å²) in [7, 11) is 3.86. The van der Waals surface area contributed by atoms with Crippen LogP contribution in [-0.4, -0.2) is 135 Å². The maximum Gasteiger partial charge on any atom is 0.253 e. The zero-order valence-corrected chi connectivity index (χ0v) is 42.4. The van der Waals surface area contributed by atoms with Crippen molar-refractivity contribution in [1.82, 2.24) is 44.1 Å². The van der Waals surface area contributed by atoms with Crippen LogP contribution in [0.4, 0.5) is 15.9 Å². The van der Waals surface area contributed by atoms with Crippen LogP contribution in [-0.2, 0) is 32.7 Å². The fraction of sp³-hybridized carbons (Fsp3) is 0.500. The lowest BCUT2D eigenvalue weighted by molar-refractivity contribution is -0.133. The van der Waals surface area contributed by atoms with Crippen LogP contribution in [0, 0.1) is 11.9 Å². The Morgan fingerprint density at radius 3 is 2.41 bits per heavy atom. The summed E-state index contributed by atoms with van der Waals surface area (Å²) in [5.74, 6) is 1.13. The molecule has 0 saturated carbocycles. The number of halogens is 1. The number of pyridine rings is 2. The number of anilines is 2. The fourth-order valence-corrected chi connectivity index (χ4v) is 12.1. The zero-order chi connectivity index (χ0) is 50.2. The van der Waals surface area contributed by atoms with Crippen LogP contribution in [0.1, 0.15) is 110 Å². The van der Waals surface area contributed by atoms with Crippen molar-refractivity contribution in [3.8, 4) is 11.1 Å². The molecule has 2 unspecified atom stereocenters. The third kappa shape index (κ3) is 10.2. The minimum atomic E-state index is -0.667. The molecule has 0 spiro atoms. The average Bonchev–Trinajstić information content (AvgIpc) is 3.96. The topological polar surface area (TPSA) is 155 Å². The standard InChI is InChI=1S/C56H68FN11O5/c1-36(47-33-43-42(17-22-58-54(43)63(47)2)41-11-12-44-48(32-41)68(50(60-44)35-72-3)52-6-4-5-31-73-52)65-25-20-39(21-26-65)38-7-9-40(10-8-38)56(71)67-23-18-37(19-24-67)34-64-27-29-66(30-28-64)49-15-13-45(53(57)61-49)59-46-14-16-51(69)62-55(46)70/h7-13,15,17,22,32-33,36-37,39,46,52,59H,4-6,14,16,18-21,23-31,34-35H2,1-3H3,(H,62,69,70)/t36-,46?,52?/m0/s1. The second-order valence-corrected chi connectivity index (χ2v) is 20.9. The van der Waals surface area contributed by atoms with E-state index in [0.29, 0.717) is 30.7 Å². The number of hydrogen-bond donors (Lipinski definition) is 2. The van der Waals surface area contributed by atoms with E-state index in [9.17, 15) is 14.4 Å². The number of nitrogens with zero attached hydrogens (tertiary/aromatic N) is 9. The number of piperazine rings is 1. The monoisotopic (exact) mass is 994 g/mol. The van der Waals surface area contributed by atoms with Gasteiger partial charge in [0.25, 0.3) is 5.91 Å². The van der Waals surface area contributed by atoms with Crippen molar-refractivity contribution < 1.29 is 28.2 Å². The van der Waals surface area contributed by atoms with Crippen molar-refractivity contribution >= 4 is 51.3 Å². The summed E-state index contributed by atoms with van der Waals surface area (Å²) in [6.45, 7) is 11.2. The molecule has 2 N–H and O–H groups in total. The Kier molecular flexibility index (Phi) is 14.3. The lowest BCUT2D eigenvalue weighted by atomic mass is 9.88. The van der Waals surface area contributed by atoms with Gasteiger partial charge in [-0.05, 0) is 148 Å². The predicted molar refractivity (Wildman–Crippen MR) is 279 cm³/mol. The molecule has 3 atom stereocenters. The van der Waals surface area contributed by atoms with E-state index in [2.05, 4.69) is 95.9 Å². The van der Waals surface area contributed by atoms with Gasteiger partial charge >= 0.3 is 0 Å². The Balaban J connectivity index is 0.651. The summed E-state index contributed by atoms with van der Waals surface area (Å²) in [4.78, 5) is 60.6. The Bertz CT molecular complexity index is 2960. The number of carbonyl (C=O) groups excluding carboxylic acids is 3. The largest absolute Gasteiger partial charge is 0.377 e. The van der Waals surface area contributed by atoms with Crippen LogP contribution < -0.4 is 15.5 Å². The van der Waals surface area contributed by atoms with Crippen molar-refractivity contribution in [2.75, 3.05) is 82.8 Å². The minimum absolute atomic E-state index is 0.0452. The molecule has 9 heterocycles. The Hall–Kier alpha value is -6.27. The van der Waals surface area contributed by atoms with E-state index in [1.807, 2.05) is 23.2 Å². The molecule has 384 valence electrons. The number of benzene rings is 2. The van der Waals surface area contributed by atoms with Gasteiger partial charge < -0.3 is 29.2 Å². The van der Waals surface area contributed by atoms with Gasteiger partial charge in [-0.15, -0.1) is 0 Å². The number of imide groups is 1. The van der Waals surface area contributed by atoms with Gasteiger partial charge in [-0.25, -0.2) is 15.0 Å². The van der Waals surface area contributed by atoms with Crippen molar-refractivity contribution in [1.29, 1.82) is 0 Å². The number of aromatic nitrogens is 5. The quantitative estimate of drug-likeness (QED) is 0.0857. The molecule has 5 aliphatic rings. The molecule has 5 fully saturated rings. The Morgan fingerprint density at radius 2 is 1.68 bits per heavy atom. The van der Waals surface area contributed by atoms with Crippen LogP contribution in [0.3, 0.4) is 0 Å². The van der Waals surface area contributed by atoms with E-state index in [0.717, 1.165) is 155 Å². The van der Waals surface area contributed by atoms with Crippen molar-refractivity contribution in [2.45, 2.75) is 95.5 Å². The lowest BCUT2D eigenvalue weighted by Gasteiger charge is -2.39. The molecule has 6 aromatic rings. The summed E-state index contributed by atoms with van der Waals surface area (Å²) >= 11 is 0. The number of imidazole rings is 1. The molecule has 0 bridgehead atoms. The zero-order valence-electron chi connectivity index (χ0n) is 42.4. The first kappa shape index (κ1) is 49.0. The summed E-state index contributed by atoms with van der Waals surface area (Å²) in [5.41, 5.74) is 8.76. The number of ether oxygens (including phenoxy) is 2. The first-order chi connectivity index (χ1) is 35.6. The van der Waals surface area contributed by atoms with Gasteiger partial charge in [0.2, 0.25) is 17.8 Å². The van der Waals surface area contributed by atoms with Crippen molar-refractivity contribution in [3.05, 3.63) is 102 Å². The third-order valence-electron chi connectivity index (χ3n) is 16.4. The SMILES string of the molecule is COCc1nc2ccc(-c3ccnc4c3cc([C@H](C)N3CCC(c5ccc(C(=O)N6CCC(CN7CCN(c8ccc(NC9CCC(=O)NC9=O)c(F)n8)CC7)CC6)cc5)CC3)n4C)cc2n1C1CCCCO1. The summed E-state index contributed by atoms with van der Waals surface area (Å²) in [6, 6.07) is 22.4. The molecule has 16 nitrogen and oxygen atoms in total. The molecule has 11 rings (SSSR count). The second kappa shape index (κ2) is 21.3. The first-order valence-corrected chi connectivity index (χ1v) is 26.5. The van der Waals surface area contributed by atoms with Gasteiger partial charge in [-0.2, -0.15) is 4.39 Å². The van der Waals surface area contributed by atoms with Crippen LogP contribution >= 0.6 is 0 Å². The number of aryl methyl sites for hydroxylation is 1. The van der Waals surface area contributed by atoms with E-state index in [4.69, 9.17) is 19.4 Å². The minimum Gasteiger partial charge on any atom is -0.377 e. The van der Waals surface area contributed by atoms with Crippen LogP contribution in [0.25, 0.3) is 33.2 Å². The number of methoxy groups -OCH3 is 1. The molecule has 5 saturated heterocycles. The summed E-state index contributed by atoms with van der Waals surface area (Å²) < 4.78 is 31.4. The van der Waals surface area contributed by atoms with E-state index < -0.39 is 17.9 Å².